The van der Waals surface area contributed by atoms with Gasteiger partial charge in [0.1, 0.15) is 18.3 Å². The summed E-state index contributed by atoms with van der Waals surface area (Å²) in [5.74, 6) is -0.364. The lowest BCUT2D eigenvalue weighted by molar-refractivity contribution is -0.140. The number of carbonyl (C=O) groups is 2. The van der Waals surface area contributed by atoms with Crippen LogP contribution in [0.15, 0.2) is 72.8 Å². The fourth-order valence-electron chi connectivity index (χ4n) is 4.09. The third kappa shape index (κ3) is 8.11. The molecule has 1 N–H and O–H groups in total. The van der Waals surface area contributed by atoms with Crippen molar-refractivity contribution in [3.8, 4) is 5.75 Å². The number of hydrogen-bond donors (Lipinski definition) is 1. The number of carbonyl (C=O) groups excluding carboxylic acids is 2. The second-order valence-electron chi connectivity index (χ2n) is 8.82. The molecule has 8 nitrogen and oxygen atoms in total. The van der Waals surface area contributed by atoms with Crippen molar-refractivity contribution in [2.75, 3.05) is 30.8 Å². The van der Waals surface area contributed by atoms with Gasteiger partial charge in [0.25, 0.3) is 0 Å². The maximum absolute atomic E-state index is 14.0. The zero-order valence-electron chi connectivity index (χ0n) is 21.9. The Morgan fingerprint density at radius 3 is 2.28 bits per heavy atom. The third-order valence-electron chi connectivity index (χ3n) is 5.99. The van der Waals surface area contributed by atoms with Gasteiger partial charge in [0.15, 0.2) is 0 Å². The summed E-state index contributed by atoms with van der Waals surface area (Å²) in [6.45, 7) is 1.59. The zero-order chi connectivity index (χ0) is 28.6. The monoisotopic (exact) mass is 591 g/mol. The second-order valence-corrected chi connectivity index (χ2v) is 11.5. The molecule has 2 amide bonds. The van der Waals surface area contributed by atoms with Crippen LogP contribution in [0.4, 0.5) is 5.69 Å². The Hall–Kier alpha value is -3.27. The normalized spacial score (nSPS) is 11.9. The van der Waals surface area contributed by atoms with Gasteiger partial charge < -0.3 is 15.0 Å². The van der Waals surface area contributed by atoms with Crippen molar-refractivity contribution >= 4 is 50.7 Å². The molecular formula is C28H31Cl2N3O5S. The number of amides is 2. The van der Waals surface area contributed by atoms with E-state index in [1.54, 1.807) is 31.2 Å². The summed E-state index contributed by atoms with van der Waals surface area (Å²) in [7, 11) is -2.43. The van der Waals surface area contributed by atoms with Gasteiger partial charge in [-0.1, -0.05) is 71.7 Å². The molecule has 0 aliphatic carbocycles. The number of benzene rings is 3. The van der Waals surface area contributed by atoms with E-state index in [4.69, 9.17) is 27.9 Å². The number of nitrogens with zero attached hydrogens (tertiary/aromatic N) is 2. The highest BCUT2D eigenvalue weighted by Crippen LogP contribution is 2.34. The fourth-order valence-corrected chi connectivity index (χ4v) is 5.40. The van der Waals surface area contributed by atoms with Gasteiger partial charge in [-0.2, -0.15) is 0 Å². The molecule has 0 saturated heterocycles. The van der Waals surface area contributed by atoms with Gasteiger partial charge >= 0.3 is 0 Å². The molecule has 208 valence electrons. The number of likely N-dealkylation sites (N-methyl/N-ethyl adjacent to an activating group) is 1. The molecule has 0 saturated carbocycles. The number of sulfonamides is 1. The quantitative estimate of drug-likeness (QED) is 0.333. The maximum atomic E-state index is 14.0. The molecule has 0 bridgehead atoms. The Morgan fingerprint density at radius 2 is 1.64 bits per heavy atom. The summed E-state index contributed by atoms with van der Waals surface area (Å²) in [5.41, 5.74) is 1.62. The van der Waals surface area contributed by atoms with Crippen LogP contribution in [0.25, 0.3) is 0 Å². The van der Waals surface area contributed by atoms with Gasteiger partial charge in [0, 0.05) is 19.5 Å². The van der Waals surface area contributed by atoms with Crippen LogP contribution in [0.3, 0.4) is 0 Å². The average molecular weight is 593 g/mol. The highest BCUT2D eigenvalue weighted by atomic mass is 35.5. The molecule has 0 radical (unpaired) electrons. The number of rotatable bonds is 12. The number of hydrogen-bond acceptors (Lipinski definition) is 5. The Bertz CT molecular complexity index is 1400. The first-order valence-electron chi connectivity index (χ1n) is 12.2. The molecule has 1 atom stereocenters. The van der Waals surface area contributed by atoms with Crippen LogP contribution < -0.4 is 14.4 Å². The molecule has 3 aromatic carbocycles. The molecule has 3 aromatic rings. The SMILES string of the molecule is CCNC(=O)[C@H](Cc1ccccc1)N(Cc1cccc(OC)c1)C(=O)CN(c1cccc(Cl)c1Cl)S(C)(=O)=O. The summed E-state index contributed by atoms with van der Waals surface area (Å²) in [4.78, 5) is 28.8. The molecule has 11 heteroatoms. The second kappa shape index (κ2) is 13.7. The minimum Gasteiger partial charge on any atom is -0.497 e. The van der Waals surface area contributed by atoms with Crippen molar-refractivity contribution in [1.82, 2.24) is 10.2 Å². The predicted octanol–water partition coefficient (Wildman–Crippen LogP) is 4.54. The van der Waals surface area contributed by atoms with E-state index in [0.717, 1.165) is 16.1 Å². The van der Waals surface area contributed by atoms with Gasteiger partial charge in [-0.05, 0) is 42.3 Å². The highest BCUT2D eigenvalue weighted by molar-refractivity contribution is 7.92. The van der Waals surface area contributed by atoms with Gasteiger partial charge in [-0.15, -0.1) is 0 Å². The van der Waals surface area contributed by atoms with Crippen molar-refractivity contribution in [3.63, 3.8) is 0 Å². The molecule has 0 spiro atoms. The minimum absolute atomic E-state index is 0.00120. The van der Waals surface area contributed by atoms with Crippen LogP contribution >= 0.6 is 23.2 Å². The molecule has 3 rings (SSSR count). The van der Waals surface area contributed by atoms with Crippen LogP contribution in [-0.4, -0.2) is 57.6 Å². The lowest BCUT2D eigenvalue weighted by Gasteiger charge is -2.33. The lowest BCUT2D eigenvalue weighted by atomic mass is 10.0. The standard InChI is InChI=1S/C28H31Cl2N3O5S/c1-4-31-28(35)25(17-20-10-6-5-7-11-20)32(18-21-12-8-13-22(16-21)38-2)26(34)19-33(39(3,36)37)24-15-9-14-23(29)27(24)30/h5-16,25H,4,17-19H2,1-3H3,(H,31,35)/t25-/m0/s1. The fraction of sp³-hybridized carbons (Fsp3) is 0.286. The van der Waals surface area contributed by atoms with Crippen molar-refractivity contribution < 1.29 is 22.7 Å². The highest BCUT2D eigenvalue weighted by Gasteiger charge is 2.33. The number of halogens is 2. The van der Waals surface area contributed by atoms with E-state index < -0.39 is 28.5 Å². The summed E-state index contributed by atoms with van der Waals surface area (Å²) >= 11 is 12.5. The maximum Gasteiger partial charge on any atom is 0.244 e. The van der Waals surface area contributed by atoms with E-state index in [0.29, 0.717) is 17.9 Å². The topological polar surface area (TPSA) is 96.0 Å². The Morgan fingerprint density at radius 1 is 0.974 bits per heavy atom. The number of ether oxygens (including phenoxy) is 1. The summed E-state index contributed by atoms with van der Waals surface area (Å²) < 4.78 is 31.9. The van der Waals surface area contributed by atoms with Crippen molar-refractivity contribution in [1.29, 1.82) is 0 Å². The van der Waals surface area contributed by atoms with Crippen LogP contribution in [0, 0.1) is 0 Å². The Labute approximate surface area is 239 Å². The first-order valence-corrected chi connectivity index (χ1v) is 14.8. The van der Waals surface area contributed by atoms with E-state index in [2.05, 4.69) is 5.32 Å². The van der Waals surface area contributed by atoms with Crippen LogP contribution in [-0.2, 0) is 32.6 Å². The lowest BCUT2D eigenvalue weighted by Crippen LogP contribution is -2.53. The van der Waals surface area contributed by atoms with E-state index in [-0.39, 0.29) is 34.6 Å². The van der Waals surface area contributed by atoms with Crippen LogP contribution in [0.1, 0.15) is 18.1 Å². The molecular weight excluding hydrogens is 561 g/mol. The van der Waals surface area contributed by atoms with Gasteiger partial charge in [0.05, 0.1) is 29.1 Å². The van der Waals surface area contributed by atoms with E-state index >= 15 is 0 Å². The molecule has 0 fully saturated rings. The van der Waals surface area contributed by atoms with Gasteiger partial charge in [0.2, 0.25) is 21.8 Å². The van der Waals surface area contributed by atoms with Gasteiger partial charge in [-0.25, -0.2) is 8.42 Å². The number of nitrogens with one attached hydrogen (secondary N) is 1. The van der Waals surface area contributed by atoms with E-state index in [9.17, 15) is 18.0 Å². The molecule has 0 heterocycles. The van der Waals surface area contributed by atoms with Crippen molar-refractivity contribution in [2.45, 2.75) is 25.9 Å². The summed E-state index contributed by atoms with van der Waals surface area (Å²) in [5, 5.41) is 2.96. The number of methoxy groups -OCH3 is 1. The molecule has 0 aliphatic heterocycles. The predicted molar refractivity (Wildman–Crippen MR) is 155 cm³/mol. The average Bonchev–Trinajstić information content (AvgIpc) is 2.91. The summed E-state index contributed by atoms with van der Waals surface area (Å²) in [6.07, 6.45) is 1.20. The largest absolute Gasteiger partial charge is 0.497 e. The van der Waals surface area contributed by atoms with Crippen LogP contribution in [0.2, 0.25) is 10.0 Å². The van der Waals surface area contributed by atoms with Crippen LogP contribution in [0.5, 0.6) is 5.75 Å². The minimum atomic E-state index is -3.96. The Balaban J connectivity index is 2.08. The molecule has 39 heavy (non-hydrogen) atoms. The summed E-state index contributed by atoms with van der Waals surface area (Å²) in [6, 6.07) is 20.0. The van der Waals surface area contributed by atoms with E-state index in [1.807, 2.05) is 36.4 Å². The first kappa shape index (κ1) is 30.3. The van der Waals surface area contributed by atoms with Crippen molar-refractivity contribution in [2.24, 2.45) is 0 Å². The van der Waals surface area contributed by atoms with E-state index in [1.165, 1.54) is 24.1 Å². The number of anilines is 1. The zero-order valence-corrected chi connectivity index (χ0v) is 24.3. The van der Waals surface area contributed by atoms with Gasteiger partial charge in [-0.3, -0.25) is 13.9 Å². The molecule has 0 unspecified atom stereocenters. The third-order valence-corrected chi connectivity index (χ3v) is 7.92. The Kier molecular flexibility index (Phi) is 10.6. The molecule has 0 aliphatic rings. The van der Waals surface area contributed by atoms with Crippen molar-refractivity contribution in [3.05, 3.63) is 94.0 Å². The smallest absolute Gasteiger partial charge is 0.244 e. The molecule has 0 aromatic heterocycles. The first-order chi connectivity index (χ1) is 18.5.